The van der Waals surface area contributed by atoms with E-state index >= 15 is 0 Å². The van der Waals surface area contributed by atoms with E-state index in [4.69, 9.17) is 19.6 Å². The van der Waals surface area contributed by atoms with E-state index in [1.807, 2.05) is 73.1 Å². The van der Waals surface area contributed by atoms with Crippen LogP contribution in [0.4, 0.5) is 0 Å². The summed E-state index contributed by atoms with van der Waals surface area (Å²) in [4.78, 5) is 17.5. The minimum atomic E-state index is -0.0264. The number of methoxy groups -OCH3 is 1. The highest BCUT2D eigenvalue weighted by Crippen LogP contribution is 2.32. The third kappa shape index (κ3) is 4.88. The van der Waals surface area contributed by atoms with Crippen LogP contribution in [-0.2, 0) is 17.8 Å². The van der Waals surface area contributed by atoms with Crippen LogP contribution < -0.4 is 14.8 Å². The molecule has 0 spiro atoms. The Morgan fingerprint density at radius 2 is 1.88 bits per heavy atom. The second-order valence-corrected chi connectivity index (χ2v) is 8.11. The van der Waals surface area contributed by atoms with Gasteiger partial charge < -0.3 is 14.8 Å². The van der Waals surface area contributed by atoms with E-state index in [0.29, 0.717) is 31.9 Å². The molecule has 7 nitrogen and oxygen atoms in total. The zero-order chi connectivity index (χ0) is 24.1. The van der Waals surface area contributed by atoms with Crippen LogP contribution in [0.3, 0.4) is 0 Å². The molecule has 2 heterocycles. The lowest BCUT2D eigenvalue weighted by Crippen LogP contribution is -2.23. The fraction of sp³-hybridized carbons (Fsp3) is 0.296. The summed E-state index contributed by atoms with van der Waals surface area (Å²) in [5, 5.41) is 8.74. The Hall–Kier alpha value is -3.87. The predicted molar refractivity (Wildman–Crippen MR) is 133 cm³/mol. The number of ether oxygens (including phenoxy) is 2. The highest BCUT2D eigenvalue weighted by atomic mass is 16.5. The maximum atomic E-state index is 12.6. The van der Waals surface area contributed by atoms with Crippen LogP contribution in [-0.4, -0.2) is 34.4 Å². The van der Waals surface area contributed by atoms with Gasteiger partial charge in [0.05, 0.1) is 25.1 Å². The number of aryl methyl sites for hydroxylation is 2. The fourth-order valence-corrected chi connectivity index (χ4v) is 4.14. The van der Waals surface area contributed by atoms with E-state index in [9.17, 15) is 4.79 Å². The molecule has 1 N–H and O–H groups in total. The lowest BCUT2D eigenvalue weighted by molar-refractivity contribution is -0.121. The van der Waals surface area contributed by atoms with Gasteiger partial charge in [-0.2, -0.15) is 10.1 Å². The first-order valence-corrected chi connectivity index (χ1v) is 11.5. The zero-order valence-corrected chi connectivity index (χ0v) is 20.1. The zero-order valence-electron chi connectivity index (χ0n) is 20.1. The van der Waals surface area contributed by atoms with Gasteiger partial charge in [-0.3, -0.25) is 4.79 Å². The second-order valence-electron chi connectivity index (χ2n) is 8.11. The van der Waals surface area contributed by atoms with Crippen molar-refractivity contribution in [3.8, 4) is 17.3 Å². The summed E-state index contributed by atoms with van der Waals surface area (Å²) in [6.45, 7) is 6.92. The minimum absolute atomic E-state index is 0.0264. The molecule has 2 aromatic carbocycles. The highest BCUT2D eigenvalue weighted by molar-refractivity contribution is 5.86. The smallest absolute Gasteiger partial charge is 0.220 e. The standard InChI is InChI=1S/C27H30N4O3/c1-5-34-27-23(14-15-24(32)28-17-20-10-9-13-22(16-20)33-4)18(2)25-19(3)30-31(26(25)29-27)21-11-7-6-8-12-21/h6-13,16H,5,14-15,17H2,1-4H3,(H,28,32). The third-order valence-electron chi connectivity index (χ3n) is 5.84. The Kier molecular flexibility index (Phi) is 7.11. The van der Waals surface area contributed by atoms with Crippen molar-refractivity contribution in [1.29, 1.82) is 0 Å². The molecule has 34 heavy (non-hydrogen) atoms. The Labute approximate surface area is 199 Å². The molecule has 0 saturated heterocycles. The van der Waals surface area contributed by atoms with E-state index in [-0.39, 0.29) is 5.91 Å². The second kappa shape index (κ2) is 10.4. The van der Waals surface area contributed by atoms with Gasteiger partial charge in [-0.25, -0.2) is 4.68 Å². The first-order chi connectivity index (χ1) is 16.5. The first-order valence-electron chi connectivity index (χ1n) is 11.5. The van der Waals surface area contributed by atoms with Crippen molar-refractivity contribution < 1.29 is 14.3 Å². The maximum Gasteiger partial charge on any atom is 0.220 e. The molecule has 0 aliphatic heterocycles. The molecule has 0 saturated carbocycles. The Balaban J connectivity index is 1.56. The summed E-state index contributed by atoms with van der Waals surface area (Å²) in [6.07, 6.45) is 0.869. The minimum Gasteiger partial charge on any atom is -0.497 e. The molecule has 0 unspecified atom stereocenters. The SMILES string of the molecule is CCOc1nc2c(c(C)nn2-c2ccccc2)c(C)c1CCC(=O)NCc1cccc(OC)c1. The first kappa shape index (κ1) is 23.3. The monoisotopic (exact) mass is 458 g/mol. The quantitative estimate of drug-likeness (QED) is 0.394. The summed E-state index contributed by atoms with van der Waals surface area (Å²) in [7, 11) is 1.63. The Bertz CT molecular complexity index is 1300. The van der Waals surface area contributed by atoms with E-state index in [1.54, 1.807) is 7.11 Å². The number of aromatic nitrogens is 3. The van der Waals surface area contributed by atoms with Gasteiger partial charge in [-0.05, 0) is 62.6 Å². The molecule has 176 valence electrons. The summed E-state index contributed by atoms with van der Waals surface area (Å²) in [5.74, 6) is 1.31. The summed E-state index contributed by atoms with van der Waals surface area (Å²) >= 11 is 0. The molecule has 1 amide bonds. The molecule has 0 atom stereocenters. The third-order valence-corrected chi connectivity index (χ3v) is 5.84. The Morgan fingerprint density at radius 1 is 1.09 bits per heavy atom. The normalized spacial score (nSPS) is 10.9. The molecule has 0 aliphatic rings. The number of fused-ring (bicyclic) bond motifs is 1. The number of pyridine rings is 1. The molecular weight excluding hydrogens is 428 g/mol. The van der Waals surface area contributed by atoms with Gasteiger partial charge in [0, 0.05) is 23.9 Å². The molecule has 7 heteroatoms. The lowest BCUT2D eigenvalue weighted by Gasteiger charge is -2.14. The number of hydrogen-bond acceptors (Lipinski definition) is 5. The van der Waals surface area contributed by atoms with Crippen LogP contribution in [0, 0.1) is 13.8 Å². The van der Waals surface area contributed by atoms with Crippen molar-refractivity contribution in [2.24, 2.45) is 0 Å². The number of benzene rings is 2. The van der Waals surface area contributed by atoms with Gasteiger partial charge in [0.25, 0.3) is 0 Å². The van der Waals surface area contributed by atoms with E-state index < -0.39 is 0 Å². The topological polar surface area (TPSA) is 78.3 Å². The van der Waals surface area contributed by atoms with Crippen molar-refractivity contribution >= 4 is 16.9 Å². The predicted octanol–water partition coefficient (Wildman–Crippen LogP) is 4.69. The number of hydrogen-bond donors (Lipinski definition) is 1. The van der Waals surface area contributed by atoms with Crippen molar-refractivity contribution in [2.45, 2.75) is 40.2 Å². The van der Waals surface area contributed by atoms with Crippen LogP contribution >= 0.6 is 0 Å². The molecular formula is C27H30N4O3. The van der Waals surface area contributed by atoms with Gasteiger partial charge in [0.15, 0.2) is 5.65 Å². The molecule has 0 radical (unpaired) electrons. The number of rotatable bonds is 9. The summed E-state index contributed by atoms with van der Waals surface area (Å²) in [6, 6.07) is 17.6. The highest BCUT2D eigenvalue weighted by Gasteiger charge is 2.20. The average Bonchev–Trinajstić information content (AvgIpc) is 3.19. The average molecular weight is 459 g/mol. The molecule has 0 bridgehead atoms. The molecule has 2 aromatic heterocycles. The number of para-hydroxylation sites is 1. The van der Waals surface area contributed by atoms with Crippen LogP contribution in [0.15, 0.2) is 54.6 Å². The van der Waals surface area contributed by atoms with Crippen molar-refractivity contribution in [2.75, 3.05) is 13.7 Å². The van der Waals surface area contributed by atoms with Crippen LogP contribution in [0.2, 0.25) is 0 Å². The summed E-state index contributed by atoms with van der Waals surface area (Å²) in [5.41, 5.74) is 5.59. The van der Waals surface area contributed by atoms with Crippen molar-refractivity contribution in [3.63, 3.8) is 0 Å². The lowest BCUT2D eigenvalue weighted by atomic mass is 10.0. The van der Waals surface area contributed by atoms with Crippen LogP contribution in [0.5, 0.6) is 11.6 Å². The van der Waals surface area contributed by atoms with E-state index in [0.717, 1.165) is 44.9 Å². The number of nitrogens with zero attached hydrogens (tertiary/aromatic N) is 3. The number of nitrogens with one attached hydrogen (secondary N) is 1. The molecule has 4 aromatic rings. The van der Waals surface area contributed by atoms with Gasteiger partial charge in [-0.15, -0.1) is 0 Å². The largest absolute Gasteiger partial charge is 0.497 e. The molecule has 0 aliphatic carbocycles. The summed E-state index contributed by atoms with van der Waals surface area (Å²) < 4.78 is 13.0. The van der Waals surface area contributed by atoms with Gasteiger partial charge in [-0.1, -0.05) is 30.3 Å². The molecule has 4 rings (SSSR count). The number of carbonyl (C=O) groups excluding carboxylic acids is 1. The van der Waals surface area contributed by atoms with Gasteiger partial charge in [0.2, 0.25) is 11.8 Å². The molecule has 0 fully saturated rings. The van der Waals surface area contributed by atoms with Crippen molar-refractivity contribution in [1.82, 2.24) is 20.1 Å². The fourth-order valence-electron chi connectivity index (χ4n) is 4.14. The van der Waals surface area contributed by atoms with Crippen LogP contribution in [0.25, 0.3) is 16.7 Å². The van der Waals surface area contributed by atoms with E-state index in [1.165, 1.54) is 0 Å². The van der Waals surface area contributed by atoms with E-state index in [2.05, 4.69) is 12.2 Å². The number of carbonyl (C=O) groups is 1. The van der Waals surface area contributed by atoms with Gasteiger partial charge >= 0.3 is 0 Å². The van der Waals surface area contributed by atoms with Crippen molar-refractivity contribution in [3.05, 3.63) is 77.0 Å². The Morgan fingerprint density at radius 3 is 2.62 bits per heavy atom. The van der Waals surface area contributed by atoms with Crippen LogP contribution in [0.1, 0.15) is 35.7 Å². The van der Waals surface area contributed by atoms with Gasteiger partial charge in [0.1, 0.15) is 5.75 Å². The maximum absolute atomic E-state index is 12.6. The number of amides is 1.